The standard InChI is InChI=1S/C42H35O4Si4/c1-8-22-36(23-9-1)47-43-48(37-24-10-2-11-25-37,38-26-12-3-13-27-38)45-50(41-32-18-6-19-33-41,42-34-20-7-21-35-42)46-49(44-47,39-28-14-4-15-29-39)40-30-16-5-17-31-40/h1-35H. The van der Waals surface area contributed by atoms with Crippen LogP contribution in [0.5, 0.6) is 0 Å². The molecule has 1 aliphatic rings. The van der Waals surface area contributed by atoms with Crippen molar-refractivity contribution in [1.82, 2.24) is 0 Å². The van der Waals surface area contributed by atoms with E-state index in [4.69, 9.17) is 16.5 Å². The predicted octanol–water partition coefficient (Wildman–Crippen LogP) is 4.23. The molecule has 8 heteroatoms. The lowest BCUT2D eigenvalue weighted by Gasteiger charge is -2.50. The van der Waals surface area contributed by atoms with Gasteiger partial charge in [-0.15, -0.1) is 0 Å². The Kier molecular flexibility index (Phi) is 9.24. The average Bonchev–Trinajstić information content (AvgIpc) is 3.21. The van der Waals surface area contributed by atoms with Crippen LogP contribution in [-0.4, -0.2) is 35.0 Å². The van der Waals surface area contributed by atoms with Crippen LogP contribution >= 0.6 is 0 Å². The fourth-order valence-electron chi connectivity index (χ4n) is 6.59. The number of hydrogen-bond donors (Lipinski definition) is 0. The van der Waals surface area contributed by atoms with Crippen LogP contribution in [0.25, 0.3) is 0 Å². The zero-order valence-corrected chi connectivity index (χ0v) is 31.3. The molecule has 8 rings (SSSR count). The average molecular weight is 716 g/mol. The van der Waals surface area contributed by atoms with Crippen LogP contribution in [0.15, 0.2) is 212 Å². The van der Waals surface area contributed by atoms with Gasteiger partial charge in [-0.2, -0.15) is 0 Å². The third-order valence-corrected chi connectivity index (χ3v) is 24.7. The Labute approximate surface area is 298 Å². The minimum Gasteiger partial charge on any atom is -0.404 e. The maximum Gasteiger partial charge on any atom is 0.405 e. The lowest BCUT2D eigenvalue weighted by atomic mass is 10.4. The van der Waals surface area contributed by atoms with E-state index < -0.39 is 35.0 Å². The van der Waals surface area contributed by atoms with Gasteiger partial charge in [-0.05, 0) is 36.3 Å². The van der Waals surface area contributed by atoms with Gasteiger partial charge >= 0.3 is 35.0 Å². The van der Waals surface area contributed by atoms with Gasteiger partial charge in [0.1, 0.15) is 0 Å². The zero-order chi connectivity index (χ0) is 33.7. The Morgan fingerprint density at radius 2 is 0.480 bits per heavy atom. The normalized spacial score (nSPS) is 16.9. The molecule has 0 unspecified atom stereocenters. The molecule has 1 aliphatic heterocycles. The molecule has 7 aromatic carbocycles. The van der Waals surface area contributed by atoms with E-state index >= 15 is 0 Å². The van der Waals surface area contributed by atoms with E-state index in [0.717, 1.165) is 36.3 Å². The zero-order valence-electron chi connectivity index (χ0n) is 27.3. The van der Waals surface area contributed by atoms with Crippen molar-refractivity contribution >= 4 is 71.3 Å². The number of hydrogen-bond acceptors (Lipinski definition) is 4. The summed E-state index contributed by atoms with van der Waals surface area (Å²) < 4.78 is 32.0. The van der Waals surface area contributed by atoms with Crippen LogP contribution in [0.4, 0.5) is 0 Å². The highest BCUT2D eigenvalue weighted by atomic mass is 28.5. The van der Waals surface area contributed by atoms with Gasteiger partial charge in [0.2, 0.25) is 0 Å². The molecule has 4 nitrogen and oxygen atoms in total. The predicted molar refractivity (Wildman–Crippen MR) is 210 cm³/mol. The summed E-state index contributed by atoms with van der Waals surface area (Å²) in [5.41, 5.74) is 0. The molecule has 1 heterocycles. The molecule has 0 atom stereocenters. The molecule has 0 saturated carbocycles. The van der Waals surface area contributed by atoms with Crippen molar-refractivity contribution in [1.29, 1.82) is 0 Å². The summed E-state index contributed by atoms with van der Waals surface area (Å²) in [5.74, 6) is 0. The van der Waals surface area contributed by atoms with Gasteiger partial charge in [0, 0.05) is 0 Å². The van der Waals surface area contributed by atoms with Crippen molar-refractivity contribution in [2.75, 3.05) is 0 Å². The van der Waals surface area contributed by atoms with E-state index in [1.807, 2.05) is 42.5 Å². The highest BCUT2D eigenvalue weighted by Crippen LogP contribution is 2.28. The van der Waals surface area contributed by atoms with Crippen LogP contribution < -0.4 is 36.3 Å². The van der Waals surface area contributed by atoms with Gasteiger partial charge in [0.15, 0.2) is 0 Å². The van der Waals surface area contributed by atoms with Crippen LogP contribution in [0, 0.1) is 0 Å². The minimum atomic E-state index is -3.76. The summed E-state index contributed by atoms with van der Waals surface area (Å²) in [6.45, 7) is 0. The molecule has 0 amide bonds. The third-order valence-electron chi connectivity index (χ3n) is 8.98. The summed E-state index contributed by atoms with van der Waals surface area (Å²) in [6, 6.07) is 73.1. The van der Waals surface area contributed by atoms with E-state index in [0.29, 0.717) is 0 Å². The molecule has 243 valence electrons. The first-order chi connectivity index (χ1) is 24.7. The highest BCUT2D eigenvalue weighted by molar-refractivity contribution is 7.12. The first-order valence-electron chi connectivity index (χ1n) is 16.8. The maximum absolute atomic E-state index is 8.17. The second-order valence-corrected chi connectivity index (χ2v) is 23.7. The Balaban J connectivity index is 1.51. The van der Waals surface area contributed by atoms with E-state index in [1.54, 1.807) is 0 Å². The van der Waals surface area contributed by atoms with Gasteiger partial charge in [-0.25, -0.2) is 0 Å². The quantitative estimate of drug-likeness (QED) is 0.232. The Morgan fingerprint density at radius 3 is 0.740 bits per heavy atom. The lowest BCUT2D eigenvalue weighted by Crippen LogP contribution is -2.84. The molecule has 0 aromatic heterocycles. The maximum atomic E-state index is 8.17. The molecule has 1 radical (unpaired) electrons. The van der Waals surface area contributed by atoms with Crippen molar-refractivity contribution in [3.63, 3.8) is 0 Å². The second-order valence-electron chi connectivity index (χ2n) is 12.1. The van der Waals surface area contributed by atoms with Crippen molar-refractivity contribution < 1.29 is 16.5 Å². The smallest absolute Gasteiger partial charge is 0.404 e. The molecule has 0 bridgehead atoms. The summed E-state index contributed by atoms with van der Waals surface area (Å²) in [6.07, 6.45) is 0. The van der Waals surface area contributed by atoms with Crippen molar-refractivity contribution in [3.05, 3.63) is 212 Å². The van der Waals surface area contributed by atoms with E-state index in [2.05, 4.69) is 170 Å². The highest BCUT2D eigenvalue weighted by Gasteiger charge is 2.63. The molecule has 0 N–H and O–H groups in total. The van der Waals surface area contributed by atoms with Crippen LogP contribution in [0.3, 0.4) is 0 Å². The van der Waals surface area contributed by atoms with Crippen molar-refractivity contribution in [2.45, 2.75) is 0 Å². The summed E-state index contributed by atoms with van der Waals surface area (Å²) in [7, 11) is -13.4. The van der Waals surface area contributed by atoms with Gasteiger partial charge in [-0.3, -0.25) is 0 Å². The summed E-state index contributed by atoms with van der Waals surface area (Å²) in [5, 5.41) is 6.94. The van der Waals surface area contributed by atoms with Gasteiger partial charge in [-0.1, -0.05) is 212 Å². The fourth-order valence-corrected chi connectivity index (χ4v) is 25.9. The first kappa shape index (κ1) is 32.5. The Bertz CT molecular complexity index is 1900. The Hall–Kier alpha value is -4.75. The van der Waals surface area contributed by atoms with Gasteiger partial charge < -0.3 is 16.5 Å². The molecule has 1 fully saturated rings. The summed E-state index contributed by atoms with van der Waals surface area (Å²) in [4.78, 5) is 0. The molecule has 50 heavy (non-hydrogen) atoms. The van der Waals surface area contributed by atoms with E-state index in [9.17, 15) is 0 Å². The number of rotatable bonds is 7. The van der Waals surface area contributed by atoms with Crippen LogP contribution in [0.2, 0.25) is 0 Å². The van der Waals surface area contributed by atoms with Crippen LogP contribution in [-0.2, 0) is 16.5 Å². The fraction of sp³-hybridized carbons (Fsp3) is 0. The first-order valence-corrected chi connectivity index (χ1v) is 23.5. The molecule has 0 spiro atoms. The largest absolute Gasteiger partial charge is 0.405 e. The molecular formula is C42H35O4Si4. The summed E-state index contributed by atoms with van der Waals surface area (Å²) >= 11 is 0. The molecule has 0 aliphatic carbocycles. The second kappa shape index (κ2) is 14.2. The van der Waals surface area contributed by atoms with Crippen molar-refractivity contribution in [2.24, 2.45) is 0 Å². The van der Waals surface area contributed by atoms with Crippen molar-refractivity contribution in [3.8, 4) is 0 Å². The molecule has 1 saturated heterocycles. The lowest BCUT2D eigenvalue weighted by molar-refractivity contribution is 0.278. The van der Waals surface area contributed by atoms with Crippen LogP contribution in [0.1, 0.15) is 0 Å². The SMILES string of the molecule is c1ccc([Si]2O[Si](c3ccccc3)(c3ccccc3)O[Si](c3ccccc3)(c3ccccc3)O[Si](c3ccccc3)(c3ccccc3)O2)cc1. The number of benzene rings is 7. The van der Waals surface area contributed by atoms with E-state index in [1.165, 1.54) is 0 Å². The Morgan fingerprint density at radius 1 is 0.260 bits per heavy atom. The van der Waals surface area contributed by atoms with E-state index in [-0.39, 0.29) is 0 Å². The topological polar surface area (TPSA) is 36.9 Å². The monoisotopic (exact) mass is 715 g/mol. The molecule has 7 aromatic rings. The van der Waals surface area contributed by atoms with Gasteiger partial charge in [0.25, 0.3) is 0 Å². The minimum absolute atomic E-state index is 0.987. The third kappa shape index (κ3) is 6.02. The molecular weight excluding hydrogens is 681 g/mol. The van der Waals surface area contributed by atoms with Gasteiger partial charge in [0.05, 0.1) is 0 Å².